The maximum Gasteiger partial charge on any atom is 0.433 e. The molecule has 0 bridgehead atoms. The van der Waals surface area contributed by atoms with Crippen LogP contribution in [-0.4, -0.2) is 40.2 Å². The van der Waals surface area contributed by atoms with Gasteiger partial charge in [-0.3, -0.25) is 0 Å². The molecule has 0 unspecified atom stereocenters. The zero-order chi connectivity index (χ0) is 17.3. The lowest BCUT2D eigenvalue weighted by atomic mass is 9.80. The fourth-order valence-electron chi connectivity index (χ4n) is 2.54. The van der Waals surface area contributed by atoms with Crippen molar-refractivity contribution in [2.75, 3.05) is 13.2 Å². The molecular formula is C16H15ClN4O3. The van der Waals surface area contributed by atoms with Crippen LogP contribution in [0, 0.1) is 0 Å². The number of amides is 1. The molecule has 1 aliphatic rings. The summed E-state index contributed by atoms with van der Waals surface area (Å²) in [7, 11) is 0. The van der Waals surface area contributed by atoms with E-state index in [9.17, 15) is 4.79 Å². The number of hydrogen-bond donors (Lipinski definition) is 2. The summed E-state index contributed by atoms with van der Waals surface area (Å²) in [5, 5.41) is 9.30. The summed E-state index contributed by atoms with van der Waals surface area (Å²) < 4.78 is 5.28. The number of aromatic nitrogens is 2. The zero-order valence-electron chi connectivity index (χ0n) is 12.9. The van der Waals surface area contributed by atoms with Crippen molar-refractivity contribution in [3.8, 4) is 11.3 Å². The van der Waals surface area contributed by atoms with Gasteiger partial charge in [0.2, 0.25) is 0 Å². The summed E-state index contributed by atoms with van der Waals surface area (Å²) in [5.41, 5.74) is 8.17. The van der Waals surface area contributed by atoms with Gasteiger partial charge >= 0.3 is 6.09 Å². The fourth-order valence-corrected chi connectivity index (χ4v) is 2.95. The smallest absolute Gasteiger partial charge is 0.433 e. The van der Waals surface area contributed by atoms with Crippen molar-refractivity contribution < 1.29 is 14.6 Å². The van der Waals surface area contributed by atoms with Crippen molar-refractivity contribution in [1.82, 2.24) is 9.97 Å². The first-order chi connectivity index (χ1) is 11.4. The number of amidine groups is 1. The van der Waals surface area contributed by atoms with Crippen LogP contribution >= 0.6 is 11.6 Å². The molecule has 3 rings (SSSR count). The Morgan fingerprint density at radius 2 is 2.12 bits per heavy atom. The van der Waals surface area contributed by atoms with Crippen LogP contribution in [0.1, 0.15) is 18.2 Å². The lowest BCUT2D eigenvalue weighted by Crippen LogP contribution is -2.44. The number of benzene rings is 1. The third-order valence-electron chi connectivity index (χ3n) is 3.90. The van der Waals surface area contributed by atoms with E-state index in [1.807, 2.05) is 18.2 Å². The Labute approximate surface area is 143 Å². The number of carboxylic acid groups (broad SMARTS) is 1. The second kappa shape index (κ2) is 6.18. The number of aliphatic imine (C=N–C) groups is 1. The van der Waals surface area contributed by atoms with Crippen LogP contribution in [-0.2, 0) is 10.2 Å². The molecule has 0 spiro atoms. The van der Waals surface area contributed by atoms with Gasteiger partial charge in [0, 0.05) is 16.0 Å². The maximum atomic E-state index is 10.6. The van der Waals surface area contributed by atoms with Gasteiger partial charge in [-0.25, -0.2) is 14.8 Å². The minimum Gasteiger partial charge on any atom is -0.463 e. The molecule has 3 N–H and O–H groups in total. The van der Waals surface area contributed by atoms with Gasteiger partial charge in [-0.05, 0) is 17.7 Å². The van der Waals surface area contributed by atoms with E-state index < -0.39 is 6.09 Å². The molecule has 0 aliphatic carbocycles. The standard InChI is InChI=1S/C16H15ClN4O3/c1-16(6-24-7-16)10-3-2-9(4-11(10)17)12-5-13(20-8-19-12)14(18)21-15(22)23/h2-5,8H,6-7H2,1H3,(H2,18,21)(H,22,23). The summed E-state index contributed by atoms with van der Waals surface area (Å²) in [6.07, 6.45) is -0.0753. The van der Waals surface area contributed by atoms with Crippen molar-refractivity contribution in [2.24, 2.45) is 10.7 Å². The van der Waals surface area contributed by atoms with Gasteiger partial charge < -0.3 is 15.6 Å². The van der Waals surface area contributed by atoms with Crippen molar-refractivity contribution in [3.05, 3.63) is 46.9 Å². The fraction of sp³-hybridized carbons (Fsp3) is 0.250. The van der Waals surface area contributed by atoms with E-state index in [-0.39, 0.29) is 16.9 Å². The van der Waals surface area contributed by atoms with E-state index >= 15 is 0 Å². The molecule has 7 nitrogen and oxygen atoms in total. The largest absolute Gasteiger partial charge is 0.463 e. The molecule has 0 saturated carbocycles. The highest BCUT2D eigenvalue weighted by Crippen LogP contribution is 2.37. The summed E-state index contributed by atoms with van der Waals surface area (Å²) in [4.78, 5) is 22.0. The van der Waals surface area contributed by atoms with Crippen LogP contribution in [0.25, 0.3) is 11.3 Å². The van der Waals surface area contributed by atoms with E-state index in [2.05, 4.69) is 21.9 Å². The van der Waals surface area contributed by atoms with Gasteiger partial charge in [0.15, 0.2) is 5.84 Å². The quantitative estimate of drug-likeness (QED) is 0.652. The van der Waals surface area contributed by atoms with Gasteiger partial charge in [-0.15, -0.1) is 0 Å². The Hall–Kier alpha value is -2.51. The van der Waals surface area contributed by atoms with Gasteiger partial charge in [-0.2, -0.15) is 4.99 Å². The van der Waals surface area contributed by atoms with Crippen LogP contribution in [0.5, 0.6) is 0 Å². The average molecular weight is 347 g/mol. The topological polar surface area (TPSA) is 111 Å². The normalized spacial score (nSPS) is 16.5. The Balaban J connectivity index is 1.95. The van der Waals surface area contributed by atoms with E-state index in [4.69, 9.17) is 27.2 Å². The van der Waals surface area contributed by atoms with Crippen molar-refractivity contribution in [1.29, 1.82) is 0 Å². The number of halogens is 1. The lowest BCUT2D eigenvalue weighted by molar-refractivity contribution is -0.0499. The number of nitrogens with two attached hydrogens (primary N) is 1. The maximum absolute atomic E-state index is 10.6. The first-order valence-corrected chi connectivity index (χ1v) is 7.54. The van der Waals surface area contributed by atoms with Gasteiger partial charge in [-0.1, -0.05) is 30.7 Å². The van der Waals surface area contributed by atoms with Crippen LogP contribution in [0.15, 0.2) is 35.6 Å². The summed E-state index contributed by atoms with van der Waals surface area (Å²) in [5.74, 6) is -0.187. The molecule has 2 heterocycles. The number of rotatable bonds is 3. The molecule has 24 heavy (non-hydrogen) atoms. The van der Waals surface area contributed by atoms with Gasteiger partial charge in [0.05, 0.1) is 18.9 Å². The van der Waals surface area contributed by atoms with Crippen molar-refractivity contribution in [3.63, 3.8) is 0 Å². The molecule has 0 radical (unpaired) electrons. The van der Waals surface area contributed by atoms with E-state index in [1.165, 1.54) is 6.33 Å². The third-order valence-corrected chi connectivity index (χ3v) is 4.21. The molecule has 1 saturated heterocycles. The first kappa shape index (κ1) is 16.4. The summed E-state index contributed by atoms with van der Waals surface area (Å²) in [6.45, 7) is 3.39. The highest BCUT2D eigenvalue weighted by atomic mass is 35.5. The monoisotopic (exact) mass is 346 g/mol. The van der Waals surface area contributed by atoms with Gasteiger partial charge in [0.25, 0.3) is 0 Å². The second-order valence-electron chi connectivity index (χ2n) is 5.82. The molecule has 1 aromatic heterocycles. The molecular weight excluding hydrogens is 332 g/mol. The number of carbonyl (C=O) groups is 1. The molecule has 1 fully saturated rings. The first-order valence-electron chi connectivity index (χ1n) is 7.17. The van der Waals surface area contributed by atoms with E-state index in [1.54, 1.807) is 6.07 Å². The molecule has 2 aromatic rings. The number of ether oxygens (including phenoxy) is 1. The third kappa shape index (κ3) is 3.08. The average Bonchev–Trinajstić information content (AvgIpc) is 2.52. The lowest BCUT2D eigenvalue weighted by Gasteiger charge is -2.39. The van der Waals surface area contributed by atoms with Crippen LogP contribution in [0.3, 0.4) is 0 Å². The van der Waals surface area contributed by atoms with Crippen LogP contribution in [0.4, 0.5) is 4.79 Å². The predicted molar refractivity (Wildman–Crippen MR) is 89.4 cm³/mol. The van der Waals surface area contributed by atoms with Crippen LogP contribution in [0.2, 0.25) is 5.02 Å². The van der Waals surface area contributed by atoms with Crippen molar-refractivity contribution >= 4 is 23.5 Å². The molecule has 1 aliphatic heterocycles. The van der Waals surface area contributed by atoms with E-state index in [0.29, 0.717) is 23.9 Å². The SMILES string of the molecule is CC1(c2ccc(-c3cc(C(N)=NC(=O)O)ncn3)cc2Cl)COC1. The van der Waals surface area contributed by atoms with E-state index in [0.717, 1.165) is 11.1 Å². The highest BCUT2D eigenvalue weighted by molar-refractivity contribution is 6.31. The highest BCUT2D eigenvalue weighted by Gasteiger charge is 2.36. The summed E-state index contributed by atoms with van der Waals surface area (Å²) in [6, 6.07) is 7.25. The van der Waals surface area contributed by atoms with Crippen molar-refractivity contribution in [2.45, 2.75) is 12.3 Å². The second-order valence-corrected chi connectivity index (χ2v) is 6.22. The predicted octanol–water partition coefficient (Wildman–Crippen LogP) is 2.47. The Kier molecular flexibility index (Phi) is 4.21. The number of hydrogen-bond acceptors (Lipinski definition) is 4. The Bertz CT molecular complexity index is 834. The molecule has 1 aromatic carbocycles. The molecule has 8 heteroatoms. The Morgan fingerprint density at radius 1 is 1.38 bits per heavy atom. The molecule has 1 amide bonds. The Morgan fingerprint density at radius 3 is 2.71 bits per heavy atom. The minimum atomic E-state index is -1.38. The molecule has 124 valence electrons. The zero-order valence-corrected chi connectivity index (χ0v) is 13.6. The van der Waals surface area contributed by atoms with Crippen LogP contribution < -0.4 is 5.73 Å². The number of nitrogens with zero attached hydrogens (tertiary/aromatic N) is 3. The minimum absolute atomic E-state index is 0.0645. The summed E-state index contributed by atoms with van der Waals surface area (Å²) >= 11 is 6.42. The molecule has 0 atom stereocenters. The van der Waals surface area contributed by atoms with Gasteiger partial charge in [0.1, 0.15) is 12.0 Å².